The lowest BCUT2D eigenvalue weighted by molar-refractivity contribution is -0.403. The molecule has 0 bridgehead atoms. The van der Waals surface area contributed by atoms with E-state index < -0.39 is 4.92 Å². The van der Waals surface area contributed by atoms with Gasteiger partial charge in [0.1, 0.15) is 5.03 Å². The van der Waals surface area contributed by atoms with Crippen LogP contribution in [0.25, 0.3) is 0 Å². The van der Waals surface area contributed by atoms with Gasteiger partial charge in [-0.25, -0.2) is 0 Å². The quantitative estimate of drug-likeness (QED) is 0.102. The average Bonchev–Trinajstić information content (AvgIpc) is 2.69. The highest BCUT2D eigenvalue weighted by Gasteiger charge is 2.00. The molecule has 176 valence electrons. The molecule has 0 heterocycles. The van der Waals surface area contributed by atoms with Gasteiger partial charge in [-0.15, -0.1) is 11.8 Å². The molecule has 0 spiro atoms. The summed E-state index contributed by atoms with van der Waals surface area (Å²) < 4.78 is 0. The molecular formula is C25H42N2O2S2. The molecule has 0 aliphatic rings. The zero-order valence-electron chi connectivity index (χ0n) is 20.3. The molecule has 0 radical (unpaired) electrons. The van der Waals surface area contributed by atoms with Crippen LogP contribution in [0.3, 0.4) is 0 Å². The lowest BCUT2D eigenvalue weighted by Gasteiger charge is -2.05. The van der Waals surface area contributed by atoms with Gasteiger partial charge in [0.05, 0.1) is 4.92 Å². The third kappa shape index (κ3) is 20.3. The van der Waals surface area contributed by atoms with Crippen LogP contribution in [0.1, 0.15) is 73.1 Å². The van der Waals surface area contributed by atoms with Crippen LogP contribution in [0.4, 0.5) is 0 Å². The zero-order valence-corrected chi connectivity index (χ0v) is 22.0. The van der Waals surface area contributed by atoms with Crippen molar-refractivity contribution < 1.29 is 4.92 Å². The second-order valence-corrected chi connectivity index (χ2v) is 10.0. The topological polar surface area (TPSA) is 55.2 Å². The lowest BCUT2D eigenvalue weighted by Crippen LogP contribution is -2.15. The van der Waals surface area contributed by atoms with E-state index in [9.17, 15) is 10.1 Å². The molecule has 0 aromatic rings. The highest BCUT2D eigenvalue weighted by Crippen LogP contribution is 2.14. The van der Waals surface area contributed by atoms with Gasteiger partial charge < -0.3 is 5.32 Å². The molecule has 0 saturated heterocycles. The Morgan fingerprint density at radius 3 is 1.87 bits per heavy atom. The second kappa shape index (κ2) is 19.3. The molecule has 31 heavy (non-hydrogen) atoms. The Morgan fingerprint density at radius 2 is 1.39 bits per heavy atom. The number of hydrogen-bond donors (Lipinski definition) is 1. The fourth-order valence-corrected chi connectivity index (χ4v) is 4.04. The summed E-state index contributed by atoms with van der Waals surface area (Å²) in [6.07, 6.45) is 19.1. The molecule has 6 heteroatoms. The maximum Gasteiger partial charge on any atom is 0.263 e. The summed E-state index contributed by atoms with van der Waals surface area (Å²) in [5.74, 6) is 1.92. The van der Waals surface area contributed by atoms with E-state index in [0.717, 1.165) is 56.4 Å². The molecule has 0 aliphatic carbocycles. The van der Waals surface area contributed by atoms with Crippen LogP contribution in [0.15, 0.2) is 57.8 Å². The second-order valence-electron chi connectivity index (χ2n) is 8.03. The number of rotatable bonds is 17. The van der Waals surface area contributed by atoms with Gasteiger partial charge in [0.2, 0.25) is 0 Å². The Balaban J connectivity index is 3.98. The lowest BCUT2D eigenvalue weighted by atomic mass is 10.0. The summed E-state index contributed by atoms with van der Waals surface area (Å²) in [7, 11) is 0. The van der Waals surface area contributed by atoms with Gasteiger partial charge in [0.15, 0.2) is 0 Å². The van der Waals surface area contributed by atoms with Crippen LogP contribution in [0, 0.1) is 10.1 Å². The molecule has 0 atom stereocenters. The van der Waals surface area contributed by atoms with Crippen LogP contribution < -0.4 is 5.32 Å². The van der Waals surface area contributed by atoms with Gasteiger partial charge in [0.25, 0.3) is 6.20 Å². The van der Waals surface area contributed by atoms with Crippen LogP contribution in [0.2, 0.25) is 0 Å². The summed E-state index contributed by atoms with van der Waals surface area (Å²) in [5.41, 5.74) is 5.81. The van der Waals surface area contributed by atoms with Crippen LogP contribution in [-0.4, -0.2) is 29.2 Å². The molecule has 0 aliphatic heterocycles. The van der Waals surface area contributed by atoms with Gasteiger partial charge in [-0.1, -0.05) is 46.6 Å². The van der Waals surface area contributed by atoms with Crippen LogP contribution >= 0.6 is 23.5 Å². The number of nitrogens with zero attached hydrogens (tertiary/aromatic N) is 1. The maximum atomic E-state index is 10.5. The fraction of sp³-hybridized carbons (Fsp3) is 0.600. The van der Waals surface area contributed by atoms with E-state index in [0.29, 0.717) is 5.03 Å². The van der Waals surface area contributed by atoms with Gasteiger partial charge in [0, 0.05) is 18.1 Å². The summed E-state index contributed by atoms with van der Waals surface area (Å²) in [6, 6.07) is 0. The van der Waals surface area contributed by atoms with E-state index in [4.69, 9.17) is 0 Å². The minimum atomic E-state index is -0.418. The standard InChI is InChI=1S/C25H42N2O2S2/c1-21(2)10-7-11-22(3)12-8-13-23(4)14-9-15-24(5)16-18-31-19-17-26-25(30-6)20-27(28)29/h10,12,14,16,20,26H,7-9,11,13,15,17-19H2,1-6H3. The van der Waals surface area contributed by atoms with Gasteiger partial charge in [-0.05, 0) is 79.4 Å². The molecule has 4 nitrogen and oxygen atoms in total. The summed E-state index contributed by atoms with van der Waals surface area (Å²) >= 11 is 3.21. The Labute approximate surface area is 198 Å². The van der Waals surface area contributed by atoms with Crippen LogP contribution in [0.5, 0.6) is 0 Å². The van der Waals surface area contributed by atoms with E-state index in [2.05, 4.69) is 64.2 Å². The first-order valence-electron chi connectivity index (χ1n) is 11.1. The molecule has 0 fully saturated rings. The number of hydrogen-bond acceptors (Lipinski definition) is 5. The van der Waals surface area contributed by atoms with Crippen molar-refractivity contribution in [1.82, 2.24) is 5.32 Å². The minimum Gasteiger partial charge on any atom is -0.374 e. The number of nitro groups is 1. The molecule has 0 aromatic carbocycles. The summed E-state index contributed by atoms with van der Waals surface area (Å²) in [4.78, 5) is 10.1. The van der Waals surface area contributed by atoms with E-state index in [1.807, 2.05) is 18.0 Å². The zero-order chi connectivity index (χ0) is 23.5. The number of allylic oxidation sites excluding steroid dienone is 7. The van der Waals surface area contributed by atoms with Crippen molar-refractivity contribution in [3.05, 3.63) is 67.9 Å². The van der Waals surface area contributed by atoms with E-state index in [-0.39, 0.29) is 0 Å². The fourth-order valence-electron chi connectivity index (χ4n) is 2.78. The van der Waals surface area contributed by atoms with Crippen LogP contribution in [-0.2, 0) is 0 Å². The van der Waals surface area contributed by atoms with E-state index >= 15 is 0 Å². The predicted octanol–water partition coefficient (Wildman–Crippen LogP) is 7.89. The van der Waals surface area contributed by atoms with Crippen molar-refractivity contribution in [2.24, 2.45) is 0 Å². The van der Waals surface area contributed by atoms with Crippen molar-refractivity contribution in [3.63, 3.8) is 0 Å². The number of thioether (sulfide) groups is 2. The predicted molar refractivity (Wildman–Crippen MR) is 142 cm³/mol. The molecule has 0 saturated carbocycles. The number of nitrogens with one attached hydrogen (secondary N) is 1. The maximum absolute atomic E-state index is 10.5. The molecule has 1 N–H and O–H groups in total. The van der Waals surface area contributed by atoms with Gasteiger partial charge >= 0.3 is 0 Å². The molecular weight excluding hydrogens is 424 g/mol. The Bertz CT molecular complexity index is 673. The summed E-state index contributed by atoms with van der Waals surface area (Å²) in [6.45, 7) is 11.7. The third-order valence-electron chi connectivity index (χ3n) is 4.69. The first kappa shape index (κ1) is 29.6. The van der Waals surface area contributed by atoms with E-state index in [1.54, 1.807) is 0 Å². The van der Waals surface area contributed by atoms with Gasteiger partial charge in [-0.2, -0.15) is 11.8 Å². The Morgan fingerprint density at radius 1 is 0.871 bits per heavy atom. The van der Waals surface area contributed by atoms with Crippen molar-refractivity contribution in [2.45, 2.75) is 73.1 Å². The normalized spacial score (nSPS) is 13.4. The monoisotopic (exact) mass is 466 g/mol. The van der Waals surface area contributed by atoms with Crippen molar-refractivity contribution >= 4 is 23.5 Å². The first-order chi connectivity index (χ1) is 14.7. The molecule has 0 amide bonds. The van der Waals surface area contributed by atoms with Gasteiger partial charge in [-0.3, -0.25) is 10.1 Å². The van der Waals surface area contributed by atoms with Crippen molar-refractivity contribution in [2.75, 3.05) is 24.3 Å². The Hall–Kier alpha value is -1.40. The minimum absolute atomic E-state index is 0.418. The largest absolute Gasteiger partial charge is 0.374 e. The Kier molecular flexibility index (Phi) is 18.4. The van der Waals surface area contributed by atoms with Crippen molar-refractivity contribution in [3.8, 4) is 0 Å². The first-order valence-corrected chi connectivity index (χ1v) is 13.4. The molecule has 0 unspecified atom stereocenters. The van der Waals surface area contributed by atoms with Crippen molar-refractivity contribution in [1.29, 1.82) is 0 Å². The SMILES string of the molecule is CSC(=C[N+](=O)[O-])NCCSCC=C(C)CCC=C(C)CCC=C(C)CCC=C(C)C. The third-order valence-corrected chi connectivity index (χ3v) is 6.28. The summed E-state index contributed by atoms with van der Waals surface area (Å²) in [5, 5.41) is 14.2. The smallest absolute Gasteiger partial charge is 0.263 e. The average molecular weight is 467 g/mol. The molecule has 0 aromatic heterocycles. The van der Waals surface area contributed by atoms with E-state index in [1.165, 1.54) is 40.5 Å². The highest BCUT2D eigenvalue weighted by atomic mass is 32.2. The molecule has 0 rings (SSSR count). The highest BCUT2D eigenvalue weighted by molar-refractivity contribution is 8.02.